The van der Waals surface area contributed by atoms with Gasteiger partial charge >= 0.3 is 6.03 Å². The molecular formula is C24H33N3O. The average molecular weight is 380 g/mol. The van der Waals surface area contributed by atoms with Crippen LogP contribution >= 0.6 is 0 Å². The van der Waals surface area contributed by atoms with Crippen LogP contribution < -0.4 is 16.0 Å². The van der Waals surface area contributed by atoms with Crippen molar-refractivity contribution in [1.29, 1.82) is 0 Å². The van der Waals surface area contributed by atoms with E-state index in [1.54, 1.807) is 0 Å². The Hall–Kier alpha value is -2.33. The first-order valence-electron chi connectivity index (χ1n) is 10.5. The molecule has 3 N–H and O–H groups in total. The Bertz CT molecular complexity index is 709. The molecule has 2 aromatic carbocycles. The molecule has 4 heteroatoms. The summed E-state index contributed by atoms with van der Waals surface area (Å²) >= 11 is 0. The highest BCUT2D eigenvalue weighted by Crippen LogP contribution is 2.32. The minimum Gasteiger partial charge on any atom is -0.338 e. The highest BCUT2D eigenvalue weighted by molar-refractivity contribution is 5.74. The maximum absolute atomic E-state index is 12.1. The van der Waals surface area contributed by atoms with E-state index < -0.39 is 0 Å². The lowest BCUT2D eigenvalue weighted by atomic mass is 9.83. The molecule has 0 aliphatic carbocycles. The van der Waals surface area contributed by atoms with Crippen LogP contribution in [0.1, 0.15) is 54.4 Å². The first kappa shape index (κ1) is 20.4. The van der Waals surface area contributed by atoms with E-state index in [2.05, 4.69) is 85.3 Å². The van der Waals surface area contributed by atoms with Gasteiger partial charge in [-0.05, 0) is 37.8 Å². The van der Waals surface area contributed by atoms with Crippen molar-refractivity contribution in [2.75, 3.05) is 13.1 Å². The standard InChI is InChI=1S/C24H33N3O/c1-4-5-14-25-24(28)27-21-15-22(26-16-21)23(19-10-6-17(2)7-11-19)20-12-8-18(3)9-13-20/h6-13,21-23,26H,4-5,14-16H2,1-3H3,(H2,25,27,28)/t21-,22-/m1/s1. The topological polar surface area (TPSA) is 53.2 Å². The Morgan fingerprint density at radius 3 is 2.14 bits per heavy atom. The van der Waals surface area contributed by atoms with Crippen molar-refractivity contribution in [3.8, 4) is 0 Å². The zero-order valence-corrected chi connectivity index (χ0v) is 17.3. The van der Waals surface area contributed by atoms with Crippen LogP contribution in [0.15, 0.2) is 48.5 Å². The third-order valence-electron chi connectivity index (χ3n) is 5.59. The van der Waals surface area contributed by atoms with Gasteiger partial charge in [0.25, 0.3) is 0 Å². The highest BCUT2D eigenvalue weighted by atomic mass is 16.2. The number of rotatable bonds is 7. The normalized spacial score (nSPS) is 19.0. The van der Waals surface area contributed by atoms with Gasteiger partial charge in [-0.3, -0.25) is 0 Å². The van der Waals surface area contributed by atoms with Gasteiger partial charge < -0.3 is 16.0 Å². The summed E-state index contributed by atoms with van der Waals surface area (Å²) in [6, 6.07) is 18.1. The molecule has 0 saturated carbocycles. The summed E-state index contributed by atoms with van der Waals surface area (Å²) < 4.78 is 0. The van der Waals surface area contributed by atoms with Crippen molar-refractivity contribution in [2.45, 2.75) is 58.0 Å². The van der Waals surface area contributed by atoms with E-state index in [0.717, 1.165) is 32.4 Å². The SMILES string of the molecule is CCCCNC(=O)N[C@H]1CN[C@@H](C(c2ccc(C)cc2)c2ccc(C)cc2)C1. The van der Waals surface area contributed by atoms with E-state index in [-0.39, 0.29) is 18.0 Å². The molecule has 1 fully saturated rings. The minimum atomic E-state index is -0.0527. The van der Waals surface area contributed by atoms with E-state index in [4.69, 9.17) is 0 Å². The van der Waals surface area contributed by atoms with E-state index in [9.17, 15) is 4.79 Å². The smallest absolute Gasteiger partial charge is 0.315 e. The molecule has 0 radical (unpaired) electrons. The van der Waals surface area contributed by atoms with E-state index in [1.807, 2.05) is 0 Å². The molecule has 0 spiro atoms. The van der Waals surface area contributed by atoms with Crippen LogP contribution in [-0.4, -0.2) is 31.2 Å². The molecule has 2 amide bonds. The molecule has 150 valence electrons. The number of carbonyl (C=O) groups excluding carboxylic acids is 1. The van der Waals surface area contributed by atoms with Crippen LogP contribution in [0, 0.1) is 13.8 Å². The number of benzene rings is 2. The summed E-state index contributed by atoms with van der Waals surface area (Å²) in [6.45, 7) is 7.91. The molecule has 1 saturated heterocycles. The van der Waals surface area contributed by atoms with Gasteiger partial charge in [0.2, 0.25) is 0 Å². The molecule has 2 aromatic rings. The Labute approximate surface area is 169 Å². The van der Waals surface area contributed by atoms with Crippen LogP contribution in [0.3, 0.4) is 0 Å². The highest BCUT2D eigenvalue weighted by Gasteiger charge is 2.33. The number of unbranched alkanes of at least 4 members (excludes halogenated alkanes) is 1. The number of nitrogens with one attached hydrogen (secondary N) is 3. The Kier molecular flexibility index (Phi) is 7.10. The minimum absolute atomic E-state index is 0.0527. The fourth-order valence-electron chi connectivity index (χ4n) is 3.95. The zero-order chi connectivity index (χ0) is 19.9. The fraction of sp³-hybridized carbons (Fsp3) is 0.458. The van der Waals surface area contributed by atoms with Crippen LogP contribution in [0.25, 0.3) is 0 Å². The van der Waals surface area contributed by atoms with Crippen LogP contribution in [0.2, 0.25) is 0 Å². The molecule has 0 aromatic heterocycles. The Morgan fingerprint density at radius 1 is 1.04 bits per heavy atom. The van der Waals surface area contributed by atoms with Gasteiger partial charge in [0, 0.05) is 31.1 Å². The molecule has 28 heavy (non-hydrogen) atoms. The van der Waals surface area contributed by atoms with Gasteiger partial charge in [-0.1, -0.05) is 73.0 Å². The number of hydrogen-bond acceptors (Lipinski definition) is 2. The molecule has 1 aliphatic heterocycles. The first-order chi connectivity index (χ1) is 13.6. The number of aryl methyl sites for hydroxylation is 2. The molecule has 0 unspecified atom stereocenters. The molecule has 4 nitrogen and oxygen atoms in total. The van der Waals surface area contributed by atoms with E-state index >= 15 is 0 Å². The summed E-state index contributed by atoms with van der Waals surface area (Å²) in [5.41, 5.74) is 5.18. The number of urea groups is 1. The second-order valence-corrected chi connectivity index (χ2v) is 8.00. The van der Waals surface area contributed by atoms with Crippen LogP contribution in [-0.2, 0) is 0 Å². The Morgan fingerprint density at radius 2 is 1.61 bits per heavy atom. The van der Waals surface area contributed by atoms with Gasteiger partial charge in [-0.25, -0.2) is 4.79 Å². The monoisotopic (exact) mass is 379 g/mol. The number of amides is 2. The van der Waals surface area contributed by atoms with Gasteiger partial charge in [0.1, 0.15) is 0 Å². The summed E-state index contributed by atoms with van der Waals surface area (Å²) in [5, 5.41) is 9.75. The van der Waals surface area contributed by atoms with Gasteiger partial charge in [-0.2, -0.15) is 0 Å². The number of carbonyl (C=O) groups is 1. The van der Waals surface area contributed by atoms with Gasteiger partial charge in [0.05, 0.1) is 0 Å². The third kappa shape index (κ3) is 5.35. The zero-order valence-electron chi connectivity index (χ0n) is 17.3. The maximum Gasteiger partial charge on any atom is 0.315 e. The molecular weight excluding hydrogens is 346 g/mol. The van der Waals surface area contributed by atoms with Crippen LogP contribution in [0.4, 0.5) is 4.79 Å². The molecule has 0 bridgehead atoms. The summed E-state index contributed by atoms with van der Waals surface area (Å²) in [6.07, 6.45) is 3.03. The quantitative estimate of drug-likeness (QED) is 0.630. The summed E-state index contributed by atoms with van der Waals surface area (Å²) in [5.74, 6) is 0.274. The molecule has 1 heterocycles. The fourth-order valence-corrected chi connectivity index (χ4v) is 3.95. The van der Waals surface area contributed by atoms with Crippen molar-refractivity contribution in [1.82, 2.24) is 16.0 Å². The van der Waals surface area contributed by atoms with Gasteiger partial charge in [0.15, 0.2) is 0 Å². The largest absolute Gasteiger partial charge is 0.338 e. The van der Waals surface area contributed by atoms with Crippen molar-refractivity contribution >= 4 is 6.03 Å². The van der Waals surface area contributed by atoms with Crippen LogP contribution in [0.5, 0.6) is 0 Å². The lowest BCUT2D eigenvalue weighted by Crippen LogP contribution is -2.43. The predicted molar refractivity (Wildman–Crippen MR) is 116 cm³/mol. The third-order valence-corrected chi connectivity index (χ3v) is 5.59. The van der Waals surface area contributed by atoms with Crippen molar-refractivity contribution in [3.63, 3.8) is 0 Å². The van der Waals surface area contributed by atoms with Crippen molar-refractivity contribution < 1.29 is 4.79 Å². The summed E-state index contributed by atoms with van der Waals surface area (Å²) in [7, 11) is 0. The maximum atomic E-state index is 12.1. The summed E-state index contributed by atoms with van der Waals surface area (Å²) in [4.78, 5) is 12.1. The average Bonchev–Trinajstić information content (AvgIpc) is 3.13. The molecule has 3 rings (SSSR count). The first-order valence-corrected chi connectivity index (χ1v) is 10.5. The van der Waals surface area contributed by atoms with E-state index in [1.165, 1.54) is 22.3 Å². The van der Waals surface area contributed by atoms with Gasteiger partial charge in [-0.15, -0.1) is 0 Å². The van der Waals surface area contributed by atoms with Crippen molar-refractivity contribution in [3.05, 3.63) is 70.8 Å². The Balaban J connectivity index is 1.71. The second kappa shape index (κ2) is 9.74. The predicted octanol–water partition coefficient (Wildman–Crippen LogP) is 4.27. The number of hydrogen-bond donors (Lipinski definition) is 3. The molecule has 1 aliphatic rings. The second-order valence-electron chi connectivity index (χ2n) is 8.00. The van der Waals surface area contributed by atoms with E-state index in [0.29, 0.717) is 6.04 Å². The lowest BCUT2D eigenvalue weighted by molar-refractivity contribution is 0.237. The lowest BCUT2D eigenvalue weighted by Gasteiger charge is -2.25. The van der Waals surface area contributed by atoms with Crippen molar-refractivity contribution in [2.24, 2.45) is 0 Å². The molecule has 2 atom stereocenters.